The molecule has 1 amide bonds. The zero-order valence-electron chi connectivity index (χ0n) is 50.6. The van der Waals surface area contributed by atoms with Crippen molar-refractivity contribution in [1.82, 2.24) is 5.32 Å². The first-order valence-electron chi connectivity index (χ1n) is 32.3. The van der Waals surface area contributed by atoms with E-state index in [1.807, 2.05) is 33.3 Å². The zero-order chi connectivity index (χ0) is 55.0. The Balaban J connectivity index is 5.13. The lowest BCUT2D eigenvalue weighted by Gasteiger charge is -2.27. The number of rotatable bonds is 59. The van der Waals surface area contributed by atoms with E-state index in [1.54, 1.807) is 0 Å². The standard InChI is InChI=1S/C65H125N2O7P/c1-7-10-13-16-19-22-25-28-30-31-32-33-34-35-36-37-38-39-42-45-48-51-54-57-64(68)66-62(61-73-75(70,71)72-60-59-67(4,5)6)63(56-53-50-47-44-41-27-24-21-18-15-12-9-3)74-65(69)58-55-52-49-46-43-40-29-26-23-20-17-14-11-8-2/h28,30,40,43,53,56,62-63H,7-27,29,31-39,41-42,44-52,54-55,57-61H2,1-6H3,(H-,66,68,70,71)/p+1/b30-28+,43-40-,56-53-. The molecule has 9 nitrogen and oxygen atoms in total. The van der Waals surface area contributed by atoms with Crippen molar-refractivity contribution in [1.29, 1.82) is 0 Å². The fraction of sp³-hybridized carbons (Fsp3) is 0.877. The molecule has 0 aliphatic carbocycles. The minimum absolute atomic E-state index is 0.0400. The van der Waals surface area contributed by atoms with Crippen molar-refractivity contribution in [2.75, 3.05) is 40.9 Å². The number of hydrogen-bond acceptors (Lipinski definition) is 6. The van der Waals surface area contributed by atoms with Crippen LogP contribution in [0.4, 0.5) is 0 Å². The summed E-state index contributed by atoms with van der Waals surface area (Å²) in [5.74, 6) is -0.511. The maximum Gasteiger partial charge on any atom is 0.472 e. The van der Waals surface area contributed by atoms with Gasteiger partial charge in [0.2, 0.25) is 5.91 Å². The van der Waals surface area contributed by atoms with E-state index in [9.17, 15) is 19.0 Å². The summed E-state index contributed by atoms with van der Waals surface area (Å²) in [6.07, 6.45) is 67.2. The Morgan fingerprint density at radius 1 is 0.453 bits per heavy atom. The number of allylic oxidation sites excluding steroid dienone is 5. The van der Waals surface area contributed by atoms with Gasteiger partial charge >= 0.3 is 13.8 Å². The van der Waals surface area contributed by atoms with Crippen LogP contribution >= 0.6 is 7.82 Å². The Bertz CT molecular complexity index is 1380. The van der Waals surface area contributed by atoms with Crippen LogP contribution in [0.5, 0.6) is 0 Å². The average molecular weight is 1080 g/mol. The topological polar surface area (TPSA) is 111 Å². The molecule has 0 aliphatic rings. The molecular formula is C65H126N2O7P+. The van der Waals surface area contributed by atoms with E-state index < -0.39 is 20.0 Å². The van der Waals surface area contributed by atoms with Crippen LogP contribution in [0, 0.1) is 0 Å². The number of phosphoric acid groups is 1. The second-order valence-electron chi connectivity index (χ2n) is 23.3. The van der Waals surface area contributed by atoms with Crippen LogP contribution in [0.1, 0.15) is 316 Å². The van der Waals surface area contributed by atoms with E-state index in [0.717, 1.165) is 70.6 Å². The summed E-state index contributed by atoms with van der Waals surface area (Å²) in [6.45, 7) is 7.03. The Morgan fingerprint density at radius 2 is 0.773 bits per heavy atom. The summed E-state index contributed by atoms with van der Waals surface area (Å²) in [5, 5.41) is 3.06. The monoisotopic (exact) mass is 1080 g/mol. The summed E-state index contributed by atoms with van der Waals surface area (Å²) in [4.78, 5) is 37.7. The maximum absolute atomic E-state index is 13.6. The van der Waals surface area contributed by atoms with Gasteiger partial charge in [-0.25, -0.2) is 4.57 Å². The van der Waals surface area contributed by atoms with Gasteiger partial charge in [0.05, 0.1) is 33.8 Å². The normalized spacial score (nSPS) is 13.9. The summed E-state index contributed by atoms with van der Waals surface area (Å²) >= 11 is 0. The smallest absolute Gasteiger partial charge is 0.456 e. The third-order valence-electron chi connectivity index (χ3n) is 14.6. The van der Waals surface area contributed by atoms with Crippen LogP contribution < -0.4 is 5.32 Å². The Kier molecular flexibility index (Phi) is 54.2. The van der Waals surface area contributed by atoms with Crippen LogP contribution in [0.2, 0.25) is 0 Å². The molecule has 3 unspecified atom stereocenters. The third-order valence-corrected chi connectivity index (χ3v) is 15.5. The molecule has 75 heavy (non-hydrogen) atoms. The highest BCUT2D eigenvalue weighted by atomic mass is 31.2. The molecule has 0 aliphatic heterocycles. The van der Waals surface area contributed by atoms with E-state index in [-0.39, 0.29) is 31.5 Å². The molecule has 2 N–H and O–H groups in total. The van der Waals surface area contributed by atoms with Crippen molar-refractivity contribution in [3.05, 3.63) is 36.5 Å². The van der Waals surface area contributed by atoms with Crippen molar-refractivity contribution in [3.63, 3.8) is 0 Å². The quantitative estimate of drug-likeness (QED) is 0.0205. The van der Waals surface area contributed by atoms with Gasteiger partial charge in [0.15, 0.2) is 0 Å². The molecule has 0 fully saturated rings. The van der Waals surface area contributed by atoms with Gasteiger partial charge in [-0.05, 0) is 83.1 Å². The number of carbonyl (C=O) groups excluding carboxylic acids is 2. The average Bonchev–Trinajstić information content (AvgIpc) is 3.37. The molecule has 0 aromatic rings. The van der Waals surface area contributed by atoms with Crippen LogP contribution in [0.15, 0.2) is 36.5 Å². The number of nitrogens with one attached hydrogen (secondary N) is 1. The molecule has 3 atom stereocenters. The molecule has 0 heterocycles. The van der Waals surface area contributed by atoms with Crippen LogP contribution in [0.25, 0.3) is 0 Å². The summed E-state index contributed by atoms with van der Waals surface area (Å²) < 4.78 is 30.7. The molecule has 0 rings (SSSR count). The Labute approximate surface area is 466 Å². The highest BCUT2D eigenvalue weighted by Crippen LogP contribution is 2.43. The molecule has 10 heteroatoms. The summed E-state index contributed by atoms with van der Waals surface area (Å²) in [5.41, 5.74) is 0. The molecule has 0 aromatic heterocycles. The number of amides is 1. The predicted molar refractivity (Wildman–Crippen MR) is 323 cm³/mol. The number of esters is 1. The highest BCUT2D eigenvalue weighted by molar-refractivity contribution is 7.47. The first-order valence-corrected chi connectivity index (χ1v) is 33.8. The van der Waals surface area contributed by atoms with Crippen molar-refractivity contribution < 1.29 is 37.3 Å². The van der Waals surface area contributed by atoms with Gasteiger partial charge in [0.25, 0.3) is 0 Å². The molecule has 442 valence electrons. The van der Waals surface area contributed by atoms with Gasteiger partial charge in [0, 0.05) is 12.8 Å². The van der Waals surface area contributed by atoms with Gasteiger partial charge in [0.1, 0.15) is 19.3 Å². The van der Waals surface area contributed by atoms with E-state index in [0.29, 0.717) is 17.4 Å². The number of ether oxygens (including phenoxy) is 1. The lowest BCUT2D eigenvalue weighted by molar-refractivity contribution is -0.870. The third kappa shape index (κ3) is 56.8. The van der Waals surface area contributed by atoms with E-state index >= 15 is 0 Å². The van der Waals surface area contributed by atoms with Crippen LogP contribution in [-0.4, -0.2) is 74.3 Å². The molecular weight excluding hydrogens is 952 g/mol. The fourth-order valence-electron chi connectivity index (χ4n) is 9.52. The van der Waals surface area contributed by atoms with Crippen molar-refractivity contribution in [2.24, 2.45) is 0 Å². The highest BCUT2D eigenvalue weighted by Gasteiger charge is 2.30. The summed E-state index contributed by atoms with van der Waals surface area (Å²) in [6, 6.07) is -0.851. The number of nitrogens with zero attached hydrogens (tertiary/aromatic N) is 1. The zero-order valence-corrected chi connectivity index (χ0v) is 51.5. The molecule has 0 aromatic carbocycles. The SMILES string of the molecule is CCCCCCCC/C=C/CCCCCCCCCCCCCCCC(=O)NC(COP(=O)(O)OCC[N+](C)(C)C)C(/C=C\CCCCCCCCCCCC)OC(=O)CCCCC/C=C\CCCCCCCCC. The van der Waals surface area contributed by atoms with E-state index in [1.165, 1.54) is 212 Å². The first-order chi connectivity index (χ1) is 36.4. The fourth-order valence-corrected chi connectivity index (χ4v) is 10.3. The Hall–Kier alpha value is -1.77. The van der Waals surface area contributed by atoms with Gasteiger partial charge in [-0.3, -0.25) is 18.6 Å². The molecule has 0 saturated heterocycles. The van der Waals surface area contributed by atoms with Crippen LogP contribution in [0.3, 0.4) is 0 Å². The number of phosphoric ester groups is 1. The second kappa shape index (κ2) is 55.5. The first kappa shape index (κ1) is 73.2. The van der Waals surface area contributed by atoms with E-state index in [2.05, 4.69) is 50.4 Å². The lowest BCUT2D eigenvalue weighted by Crippen LogP contribution is -2.47. The van der Waals surface area contributed by atoms with Gasteiger partial charge in [-0.1, -0.05) is 257 Å². The minimum atomic E-state index is -4.45. The molecule has 0 bridgehead atoms. The van der Waals surface area contributed by atoms with Crippen molar-refractivity contribution >= 4 is 19.7 Å². The maximum atomic E-state index is 13.6. The largest absolute Gasteiger partial charge is 0.472 e. The number of hydrogen-bond donors (Lipinski definition) is 2. The lowest BCUT2D eigenvalue weighted by atomic mass is 10.0. The van der Waals surface area contributed by atoms with Gasteiger partial charge < -0.3 is 19.4 Å². The van der Waals surface area contributed by atoms with Crippen molar-refractivity contribution in [3.8, 4) is 0 Å². The second-order valence-corrected chi connectivity index (χ2v) is 24.7. The summed E-state index contributed by atoms with van der Waals surface area (Å²) in [7, 11) is 1.50. The minimum Gasteiger partial charge on any atom is -0.456 e. The molecule has 0 saturated carbocycles. The number of quaternary nitrogens is 1. The van der Waals surface area contributed by atoms with E-state index in [4.69, 9.17) is 13.8 Å². The molecule has 0 spiro atoms. The van der Waals surface area contributed by atoms with Gasteiger partial charge in [-0.2, -0.15) is 0 Å². The Morgan fingerprint density at radius 3 is 1.15 bits per heavy atom. The predicted octanol–water partition coefficient (Wildman–Crippen LogP) is 19.9. The van der Waals surface area contributed by atoms with Crippen molar-refractivity contribution in [2.45, 2.75) is 328 Å². The number of carbonyl (C=O) groups is 2. The number of likely N-dealkylation sites (N-methyl/N-ethyl adjacent to an activating group) is 1. The van der Waals surface area contributed by atoms with Crippen LogP contribution in [-0.2, 0) is 27.9 Å². The molecule has 0 radical (unpaired) electrons. The number of unbranched alkanes of at least 4 members (excludes halogenated alkanes) is 39. The van der Waals surface area contributed by atoms with Gasteiger partial charge in [-0.15, -0.1) is 0 Å².